The topological polar surface area (TPSA) is 47.6 Å². The number of carbonyl (C=O) groups excluding carboxylic acids is 1. The number of hydrogen-bond acceptors (Lipinski definition) is 3. The Bertz CT molecular complexity index is 1040. The molecule has 0 unspecified atom stereocenters. The van der Waals surface area contributed by atoms with Gasteiger partial charge in [0.2, 0.25) is 0 Å². The average Bonchev–Trinajstić information content (AvgIpc) is 2.69. The van der Waals surface area contributed by atoms with Crippen LogP contribution in [0.15, 0.2) is 54.6 Å². The minimum Gasteiger partial charge on any atom is -0.493 e. The predicted molar refractivity (Wildman–Crippen MR) is 122 cm³/mol. The van der Waals surface area contributed by atoms with Crippen molar-refractivity contribution in [3.05, 3.63) is 87.4 Å². The molecular weight excluding hydrogens is 398 g/mol. The molecule has 1 N–H and O–H groups in total. The molecule has 0 aliphatic heterocycles. The summed E-state index contributed by atoms with van der Waals surface area (Å²) in [6, 6.07) is 16.9. The van der Waals surface area contributed by atoms with Crippen LogP contribution in [0.3, 0.4) is 0 Å². The van der Waals surface area contributed by atoms with Gasteiger partial charge in [0, 0.05) is 21.8 Å². The van der Waals surface area contributed by atoms with Gasteiger partial charge >= 0.3 is 0 Å². The normalized spacial score (nSPS) is 10.6. The van der Waals surface area contributed by atoms with Gasteiger partial charge in [0.25, 0.3) is 5.91 Å². The van der Waals surface area contributed by atoms with Crippen LogP contribution in [0.4, 0.5) is 5.69 Å². The standard InChI is InChI=1S/C25H26ClNO3/c1-5-29-24-9-7-19(25(28)27-23-14-21(26)8-6-18(23)4)13-20(24)15-30-22-11-16(2)10-17(3)12-22/h6-14H,5,15H2,1-4H3,(H,27,28). The summed E-state index contributed by atoms with van der Waals surface area (Å²) in [7, 11) is 0. The van der Waals surface area contributed by atoms with Crippen LogP contribution < -0.4 is 14.8 Å². The molecular formula is C25H26ClNO3. The van der Waals surface area contributed by atoms with Gasteiger partial charge in [-0.2, -0.15) is 0 Å². The van der Waals surface area contributed by atoms with Gasteiger partial charge in [-0.3, -0.25) is 4.79 Å². The Morgan fingerprint density at radius 1 is 0.933 bits per heavy atom. The van der Waals surface area contributed by atoms with Crippen molar-refractivity contribution in [1.29, 1.82) is 0 Å². The molecule has 30 heavy (non-hydrogen) atoms. The zero-order valence-corrected chi connectivity index (χ0v) is 18.5. The third-order valence-corrected chi connectivity index (χ3v) is 4.89. The number of carbonyl (C=O) groups is 1. The first kappa shape index (κ1) is 21.7. The Labute approximate surface area is 182 Å². The van der Waals surface area contributed by atoms with Crippen LogP contribution in [0.5, 0.6) is 11.5 Å². The van der Waals surface area contributed by atoms with Crippen LogP contribution in [0, 0.1) is 20.8 Å². The number of ether oxygens (including phenoxy) is 2. The van der Waals surface area contributed by atoms with Crippen molar-refractivity contribution in [2.45, 2.75) is 34.3 Å². The van der Waals surface area contributed by atoms with Crippen molar-refractivity contribution in [3.63, 3.8) is 0 Å². The second kappa shape index (κ2) is 9.68. The van der Waals surface area contributed by atoms with Crippen LogP contribution >= 0.6 is 11.6 Å². The molecule has 0 heterocycles. The van der Waals surface area contributed by atoms with E-state index in [-0.39, 0.29) is 5.91 Å². The molecule has 4 nitrogen and oxygen atoms in total. The molecule has 156 valence electrons. The summed E-state index contributed by atoms with van der Waals surface area (Å²) in [5.41, 5.74) is 5.25. The number of halogens is 1. The Hall–Kier alpha value is -2.98. The number of amides is 1. The molecule has 0 fully saturated rings. The maximum atomic E-state index is 12.8. The second-order valence-corrected chi connectivity index (χ2v) is 7.72. The smallest absolute Gasteiger partial charge is 0.255 e. The van der Waals surface area contributed by atoms with Crippen molar-refractivity contribution in [2.24, 2.45) is 0 Å². The second-order valence-electron chi connectivity index (χ2n) is 7.28. The lowest BCUT2D eigenvalue weighted by atomic mass is 10.1. The third-order valence-electron chi connectivity index (χ3n) is 4.66. The number of hydrogen-bond donors (Lipinski definition) is 1. The third kappa shape index (κ3) is 5.55. The minimum absolute atomic E-state index is 0.212. The molecule has 3 rings (SSSR count). The molecule has 0 bridgehead atoms. The highest BCUT2D eigenvalue weighted by Crippen LogP contribution is 2.25. The van der Waals surface area contributed by atoms with Gasteiger partial charge in [-0.15, -0.1) is 0 Å². The van der Waals surface area contributed by atoms with Crippen LogP contribution in [-0.4, -0.2) is 12.5 Å². The maximum absolute atomic E-state index is 12.8. The van der Waals surface area contributed by atoms with Gasteiger partial charge in [0.15, 0.2) is 0 Å². The lowest BCUT2D eigenvalue weighted by molar-refractivity contribution is 0.102. The summed E-state index contributed by atoms with van der Waals surface area (Å²) in [5.74, 6) is 1.28. The van der Waals surface area contributed by atoms with Crippen LogP contribution in [0.2, 0.25) is 5.02 Å². The van der Waals surface area contributed by atoms with E-state index in [4.69, 9.17) is 21.1 Å². The van der Waals surface area contributed by atoms with E-state index < -0.39 is 0 Å². The number of benzene rings is 3. The average molecular weight is 424 g/mol. The molecule has 3 aromatic rings. The summed E-state index contributed by atoms with van der Waals surface area (Å²) in [6.45, 7) is 8.76. The molecule has 0 spiro atoms. The summed E-state index contributed by atoms with van der Waals surface area (Å²) >= 11 is 6.06. The summed E-state index contributed by atoms with van der Waals surface area (Å²) in [5, 5.41) is 3.50. The number of nitrogens with one attached hydrogen (secondary N) is 1. The molecule has 1 amide bonds. The molecule has 0 radical (unpaired) electrons. The van der Waals surface area contributed by atoms with Crippen molar-refractivity contribution in [2.75, 3.05) is 11.9 Å². The number of rotatable bonds is 7. The first-order chi connectivity index (χ1) is 14.4. The molecule has 0 aromatic heterocycles. The minimum atomic E-state index is -0.212. The van der Waals surface area contributed by atoms with Crippen LogP contribution in [0.25, 0.3) is 0 Å². The van der Waals surface area contributed by atoms with Crippen molar-refractivity contribution >= 4 is 23.2 Å². The van der Waals surface area contributed by atoms with Gasteiger partial charge in [-0.25, -0.2) is 0 Å². The fourth-order valence-corrected chi connectivity index (χ4v) is 3.40. The Morgan fingerprint density at radius 2 is 1.67 bits per heavy atom. The Morgan fingerprint density at radius 3 is 2.37 bits per heavy atom. The van der Waals surface area contributed by atoms with E-state index in [2.05, 4.69) is 11.4 Å². The van der Waals surface area contributed by atoms with Gasteiger partial charge in [0.05, 0.1) is 6.61 Å². The lowest BCUT2D eigenvalue weighted by Gasteiger charge is -2.14. The van der Waals surface area contributed by atoms with Crippen molar-refractivity contribution in [1.82, 2.24) is 0 Å². The van der Waals surface area contributed by atoms with E-state index in [9.17, 15) is 4.79 Å². The molecule has 0 aliphatic carbocycles. The molecule has 3 aromatic carbocycles. The van der Waals surface area contributed by atoms with E-state index in [1.54, 1.807) is 18.2 Å². The zero-order chi connectivity index (χ0) is 21.7. The molecule has 0 saturated heterocycles. The highest BCUT2D eigenvalue weighted by molar-refractivity contribution is 6.31. The summed E-state index contributed by atoms with van der Waals surface area (Å²) < 4.78 is 11.7. The quantitative estimate of drug-likeness (QED) is 0.472. The number of anilines is 1. The fraction of sp³-hybridized carbons (Fsp3) is 0.240. The molecule has 0 saturated carbocycles. The highest BCUT2D eigenvalue weighted by Gasteiger charge is 2.13. The van der Waals surface area contributed by atoms with E-state index in [0.717, 1.165) is 28.0 Å². The Balaban J connectivity index is 1.82. The molecule has 5 heteroatoms. The van der Waals surface area contributed by atoms with Crippen molar-refractivity contribution < 1.29 is 14.3 Å². The van der Waals surface area contributed by atoms with Crippen molar-refractivity contribution in [3.8, 4) is 11.5 Å². The fourth-order valence-electron chi connectivity index (χ4n) is 3.23. The monoisotopic (exact) mass is 423 g/mol. The van der Waals surface area contributed by atoms with E-state index >= 15 is 0 Å². The largest absolute Gasteiger partial charge is 0.493 e. The van der Waals surface area contributed by atoms with Gasteiger partial charge < -0.3 is 14.8 Å². The molecule has 0 atom stereocenters. The van der Waals surface area contributed by atoms with Gasteiger partial charge in [-0.1, -0.05) is 23.7 Å². The van der Waals surface area contributed by atoms with E-state index in [1.807, 2.05) is 58.0 Å². The van der Waals surface area contributed by atoms with E-state index in [1.165, 1.54) is 0 Å². The highest BCUT2D eigenvalue weighted by atomic mass is 35.5. The van der Waals surface area contributed by atoms with Gasteiger partial charge in [0.1, 0.15) is 18.1 Å². The lowest BCUT2D eigenvalue weighted by Crippen LogP contribution is -2.14. The summed E-state index contributed by atoms with van der Waals surface area (Å²) in [6.07, 6.45) is 0. The Kier molecular flexibility index (Phi) is 7.01. The predicted octanol–water partition coefficient (Wildman–Crippen LogP) is 6.50. The van der Waals surface area contributed by atoms with Gasteiger partial charge in [-0.05, 0) is 86.8 Å². The molecule has 0 aliphatic rings. The van der Waals surface area contributed by atoms with Crippen LogP contribution in [-0.2, 0) is 6.61 Å². The van der Waals surface area contributed by atoms with E-state index in [0.29, 0.717) is 35.2 Å². The number of aryl methyl sites for hydroxylation is 3. The zero-order valence-electron chi connectivity index (χ0n) is 17.7. The maximum Gasteiger partial charge on any atom is 0.255 e. The summed E-state index contributed by atoms with van der Waals surface area (Å²) in [4.78, 5) is 12.8. The first-order valence-corrected chi connectivity index (χ1v) is 10.3. The first-order valence-electron chi connectivity index (χ1n) is 9.90. The van der Waals surface area contributed by atoms with Crippen LogP contribution in [0.1, 0.15) is 39.5 Å². The SMILES string of the molecule is CCOc1ccc(C(=O)Nc2cc(Cl)ccc2C)cc1COc1cc(C)cc(C)c1.